The minimum atomic E-state index is -3.88. The number of fused-ring (bicyclic) bond motifs is 4. The van der Waals surface area contributed by atoms with Crippen molar-refractivity contribution >= 4 is 45.4 Å². The summed E-state index contributed by atoms with van der Waals surface area (Å²) in [5.41, 5.74) is -1.51. The number of anilines is 1. The van der Waals surface area contributed by atoms with Crippen molar-refractivity contribution in [2.45, 2.75) is 101 Å². The number of hydrogen-bond acceptors (Lipinski definition) is 9. The number of likely N-dealkylation sites (tertiary alicyclic amines) is 1. The van der Waals surface area contributed by atoms with Gasteiger partial charge in [0.25, 0.3) is 5.91 Å². The number of sulfonamides is 1. The van der Waals surface area contributed by atoms with Crippen LogP contribution in [0.4, 0.5) is 10.5 Å². The first-order valence-corrected chi connectivity index (χ1v) is 20.0. The van der Waals surface area contributed by atoms with Crippen molar-refractivity contribution in [3.63, 3.8) is 0 Å². The lowest BCUT2D eigenvalue weighted by Gasteiger charge is -2.33. The Balaban J connectivity index is 1.27. The van der Waals surface area contributed by atoms with Gasteiger partial charge in [-0.05, 0) is 77.3 Å². The lowest BCUT2D eigenvalue weighted by molar-refractivity contribution is -0.142. The van der Waals surface area contributed by atoms with Crippen molar-refractivity contribution < 1.29 is 37.1 Å². The summed E-state index contributed by atoms with van der Waals surface area (Å²) >= 11 is 0. The highest BCUT2D eigenvalue weighted by molar-refractivity contribution is 7.91. The van der Waals surface area contributed by atoms with Crippen LogP contribution in [-0.2, 0) is 33.9 Å². The zero-order valence-corrected chi connectivity index (χ0v) is 31.3. The third-order valence-corrected chi connectivity index (χ3v) is 12.7. The fourth-order valence-corrected chi connectivity index (χ4v) is 9.20. The number of allylic oxidation sites excluding steroid dienone is 1. The summed E-state index contributed by atoms with van der Waals surface area (Å²) in [5, 5.41) is 5.09. The van der Waals surface area contributed by atoms with Crippen molar-refractivity contribution in [2.24, 2.45) is 17.8 Å². The Bertz CT molecular complexity index is 1690. The topological polar surface area (TPSA) is 175 Å². The highest BCUT2D eigenvalue weighted by Crippen LogP contribution is 2.47. The molecule has 2 aliphatic carbocycles. The quantitative estimate of drug-likeness (QED) is 0.355. The van der Waals surface area contributed by atoms with Gasteiger partial charge >= 0.3 is 6.09 Å². The molecule has 4 fully saturated rings. The fourth-order valence-electron chi connectivity index (χ4n) is 7.83. The molecule has 3 aliphatic heterocycles. The number of likely N-dealkylation sites (N-methyl/N-ethyl adjacent to an activating group) is 1. The number of alkyl carbamates (subject to hydrolysis) is 1. The van der Waals surface area contributed by atoms with Crippen molar-refractivity contribution in [3.8, 4) is 0 Å². The van der Waals surface area contributed by atoms with Crippen LogP contribution in [0.15, 0.2) is 42.5 Å². The van der Waals surface area contributed by atoms with Crippen LogP contribution in [0.25, 0.3) is 0 Å². The molecule has 2 saturated heterocycles. The second kappa shape index (κ2) is 14.8. The number of hydrogen-bond donors (Lipinski definition) is 3. The number of ether oxygens (including phenoxy) is 1. The number of rotatable bonds is 7. The average Bonchev–Trinajstić information content (AvgIpc) is 3.97. The molecule has 6 rings (SSSR count). The molecular formula is C37H52N6O8S. The van der Waals surface area contributed by atoms with Crippen LogP contribution >= 0.6 is 0 Å². The van der Waals surface area contributed by atoms with Gasteiger partial charge in [-0.2, -0.15) is 0 Å². The lowest BCUT2D eigenvalue weighted by atomic mass is 9.93. The zero-order valence-electron chi connectivity index (χ0n) is 30.5. The lowest BCUT2D eigenvalue weighted by Crippen LogP contribution is -2.60. The monoisotopic (exact) mass is 740 g/mol. The van der Waals surface area contributed by atoms with E-state index in [9.17, 15) is 32.4 Å². The third kappa shape index (κ3) is 8.46. The Morgan fingerprint density at radius 1 is 1.02 bits per heavy atom. The summed E-state index contributed by atoms with van der Waals surface area (Å²) in [5.74, 6) is -2.81. The van der Waals surface area contributed by atoms with Gasteiger partial charge in [0.15, 0.2) is 0 Å². The molecule has 52 heavy (non-hydrogen) atoms. The molecule has 1 aromatic rings. The highest BCUT2D eigenvalue weighted by Gasteiger charge is 2.63. The van der Waals surface area contributed by atoms with E-state index in [2.05, 4.69) is 15.4 Å². The van der Waals surface area contributed by atoms with Crippen molar-refractivity contribution in [3.05, 3.63) is 42.5 Å². The highest BCUT2D eigenvalue weighted by atomic mass is 32.2. The summed E-state index contributed by atoms with van der Waals surface area (Å²) in [6.45, 7) is 6.36. The number of amides is 5. The van der Waals surface area contributed by atoms with Gasteiger partial charge in [0.2, 0.25) is 27.7 Å². The molecule has 1 aromatic carbocycles. The Hall–Kier alpha value is -3.98. The van der Waals surface area contributed by atoms with Crippen LogP contribution < -0.4 is 20.3 Å². The van der Waals surface area contributed by atoms with E-state index in [0.717, 1.165) is 18.5 Å². The van der Waals surface area contributed by atoms with Gasteiger partial charge in [0, 0.05) is 44.2 Å². The molecule has 14 nitrogen and oxygen atoms in total. The molecule has 3 N–H and O–H groups in total. The minimum absolute atomic E-state index is 0.113. The van der Waals surface area contributed by atoms with E-state index in [-0.39, 0.29) is 37.3 Å². The van der Waals surface area contributed by atoms with Crippen LogP contribution in [0, 0.1) is 17.8 Å². The van der Waals surface area contributed by atoms with Crippen LogP contribution in [0.5, 0.6) is 0 Å². The molecule has 15 heteroatoms. The minimum Gasteiger partial charge on any atom is -0.444 e. The first kappa shape index (κ1) is 37.8. The van der Waals surface area contributed by atoms with Gasteiger partial charge in [-0.25, -0.2) is 13.2 Å². The molecule has 0 unspecified atom stereocenters. The number of para-hydroxylation sites is 1. The molecule has 0 spiro atoms. The van der Waals surface area contributed by atoms with Crippen LogP contribution in [0.1, 0.15) is 72.1 Å². The predicted octanol–water partition coefficient (Wildman–Crippen LogP) is 2.31. The molecule has 2 saturated carbocycles. The Kier molecular flexibility index (Phi) is 10.8. The summed E-state index contributed by atoms with van der Waals surface area (Å²) in [6.07, 6.45) is 7.58. The number of carbonyl (C=O) groups excluding carboxylic acids is 5. The molecule has 0 aromatic heterocycles. The molecule has 3 heterocycles. The number of nitrogens with zero attached hydrogens (tertiary/aromatic N) is 3. The Morgan fingerprint density at radius 3 is 2.44 bits per heavy atom. The first-order chi connectivity index (χ1) is 24.6. The molecule has 0 bridgehead atoms. The van der Waals surface area contributed by atoms with Crippen molar-refractivity contribution in [2.75, 3.05) is 38.1 Å². The number of benzene rings is 1. The summed E-state index contributed by atoms with van der Waals surface area (Å²) in [4.78, 5) is 74.1. The molecule has 6 atom stereocenters. The largest absolute Gasteiger partial charge is 0.444 e. The number of carbonyl (C=O) groups is 5. The molecule has 5 aliphatic rings. The van der Waals surface area contributed by atoms with Crippen molar-refractivity contribution in [1.29, 1.82) is 0 Å². The van der Waals surface area contributed by atoms with E-state index >= 15 is 0 Å². The van der Waals surface area contributed by atoms with Crippen molar-refractivity contribution in [1.82, 2.24) is 25.2 Å². The van der Waals surface area contributed by atoms with Gasteiger partial charge in [0.1, 0.15) is 23.2 Å². The third-order valence-electron chi connectivity index (χ3n) is 10.9. The predicted molar refractivity (Wildman–Crippen MR) is 193 cm³/mol. The maximum absolute atomic E-state index is 14.6. The first-order valence-electron chi connectivity index (χ1n) is 18.5. The standard InChI is InChI=1S/C37H52N6O8S/c1-36(2,3)51-35(48)38-29-16-12-7-5-6-9-13-25-19-37(25,34(47)40-52(49,50)27-17-18-27)39-32(45)31-28-22-42(20-24(28)21-43(31)33(29)46)23-30(44)41(4)26-14-10-8-11-15-26/h8-11,13-15,24-25,27-29,31H,5-7,12,16-23H2,1-4H3,(H,38,48)(H,39,45)(H,40,47)/b13-9-/t24-,25+,28-,29+,31-,37+/m0/s1. The van der Waals surface area contributed by atoms with Gasteiger partial charge in [-0.15, -0.1) is 0 Å². The molecule has 0 radical (unpaired) electrons. The van der Waals surface area contributed by atoms with E-state index < -0.39 is 68.2 Å². The van der Waals surface area contributed by atoms with Gasteiger partial charge in [0.05, 0.1) is 11.8 Å². The van der Waals surface area contributed by atoms with E-state index in [4.69, 9.17) is 4.74 Å². The second-order valence-electron chi connectivity index (χ2n) is 16.1. The Labute approximate surface area is 306 Å². The van der Waals surface area contributed by atoms with Crippen LogP contribution in [0.3, 0.4) is 0 Å². The van der Waals surface area contributed by atoms with Crippen LogP contribution in [0.2, 0.25) is 0 Å². The smallest absolute Gasteiger partial charge is 0.408 e. The molecule has 5 amide bonds. The second-order valence-corrected chi connectivity index (χ2v) is 18.0. The molecule has 284 valence electrons. The van der Waals surface area contributed by atoms with Crippen LogP contribution in [-0.4, -0.2) is 110 Å². The Morgan fingerprint density at radius 2 is 1.75 bits per heavy atom. The summed E-state index contributed by atoms with van der Waals surface area (Å²) in [6, 6.07) is 7.33. The van der Waals surface area contributed by atoms with E-state index in [1.54, 1.807) is 32.7 Å². The maximum atomic E-state index is 14.6. The van der Waals surface area contributed by atoms with Gasteiger partial charge in [-0.3, -0.25) is 28.8 Å². The normalized spacial score (nSPS) is 30.4. The molecular weight excluding hydrogens is 689 g/mol. The van der Waals surface area contributed by atoms with E-state index in [1.165, 1.54) is 4.90 Å². The SMILES string of the molecule is CN(C(=O)CN1C[C@H]2CN3C(=O)[C@H](NC(=O)OC(C)(C)C)CCCCC/C=C\[C@@H]4C[C@@]4(C(=O)NS(=O)(=O)C4CC4)NC(=O)[C@@H]3[C@H]2C1)c1ccccc1. The maximum Gasteiger partial charge on any atom is 0.408 e. The number of nitrogens with one attached hydrogen (secondary N) is 3. The van der Waals surface area contributed by atoms with Gasteiger partial charge < -0.3 is 25.2 Å². The summed E-state index contributed by atoms with van der Waals surface area (Å²) in [7, 11) is -2.17. The zero-order chi connectivity index (χ0) is 37.4. The average molecular weight is 741 g/mol. The van der Waals surface area contributed by atoms with E-state index in [0.29, 0.717) is 45.2 Å². The fraction of sp³-hybridized carbons (Fsp3) is 0.649. The van der Waals surface area contributed by atoms with Gasteiger partial charge in [-0.1, -0.05) is 43.2 Å². The van der Waals surface area contributed by atoms with E-state index in [1.807, 2.05) is 47.4 Å². The summed E-state index contributed by atoms with van der Waals surface area (Å²) < 4.78 is 33.4.